The average Bonchev–Trinajstić information content (AvgIpc) is 2.62. The summed E-state index contributed by atoms with van der Waals surface area (Å²) >= 11 is 5.87. The summed E-state index contributed by atoms with van der Waals surface area (Å²) in [5.41, 5.74) is -1.06. The maximum absolute atomic E-state index is 12.9. The summed E-state index contributed by atoms with van der Waals surface area (Å²) in [5.74, 6) is 0.474. The minimum absolute atomic E-state index is 0.0904. The van der Waals surface area contributed by atoms with Gasteiger partial charge in [-0.2, -0.15) is 17.5 Å². The van der Waals surface area contributed by atoms with E-state index in [-0.39, 0.29) is 18.1 Å². The van der Waals surface area contributed by atoms with Gasteiger partial charge in [0.05, 0.1) is 10.6 Å². The summed E-state index contributed by atoms with van der Waals surface area (Å²) in [5, 5.41) is -0.244. The quantitative estimate of drug-likeness (QED) is 0.784. The van der Waals surface area contributed by atoms with Crippen LogP contribution in [0.25, 0.3) is 0 Å². The van der Waals surface area contributed by atoms with E-state index >= 15 is 0 Å². The van der Waals surface area contributed by atoms with Crippen molar-refractivity contribution in [2.24, 2.45) is 0 Å². The minimum Gasteiger partial charge on any atom is -0.338 e. The standard InChI is InChI=1S/C15H14ClF3N4O2S/c16-12-3-2-11(15(17,18)19)10-13(12)26(24,25)23-8-6-22(7-9-23)14-20-4-1-5-21-14/h1-5,10H,6-9H2. The topological polar surface area (TPSA) is 66.4 Å². The fourth-order valence-corrected chi connectivity index (χ4v) is 4.52. The van der Waals surface area contributed by atoms with Crippen molar-refractivity contribution in [3.8, 4) is 0 Å². The van der Waals surface area contributed by atoms with Crippen LogP contribution in [0.2, 0.25) is 5.02 Å². The van der Waals surface area contributed by atoms with Crippen LogP contribution in [0.4, 0.5) is 19.1 Å². The Morgan fingerprint density at radius 2 is 1.65 bits per heavy atom. The zero-order valence-corrected chi connectivity index (χ0v) is 14.9. The first-order chi connectivity index (χ1) is 12.2. The molecule has 1 saturated heterocycles. The number of benzene rings is 1. The Hall–Kier alpha value is -1.91. The van der Waals surface area contributed by atoms with Gasteiger partial charge >= 0.3 is 6.18 Å². The van der Waals surface area contributed by atoms with Gasteiger partial charge in [-0.15, -0.1) is 0 Å². The van der Waals surface area contributed by atoms with Crippen LogP contribution in [-0.4, -0.2) is 48.9 Å². The molecule has 0 spiro atoms. The van der Waals surface area contributed by atoms with E-state index in [2.05, 4.69) is 9.97 Å². The molecule has 2 aromatic rings. The minimum atomic E-state index is -4.65. The number of alkyl halides is 3. The zero-order chi connectivity index (χ0) is 18.9. The molecule has 0 aliphatic carbocycles. The lowest BCUT2D eigenvalue weighted by Crippen LogP contribution is -2.49. The van der Waals surface area contributed by atoms with E-state index in [1.807, 2.05) is 0 Å². The average molecular weight is 407 g/mol. The van der Waals surface area contributed by atoms with Crippen molar-refractivity contribution < 1.29 is 21.6 Å². The Morgan fingerprint density at radius 3 is 2.23 bits per heavy atom. The number of hydrogen-bond acceptors (Lipinski definition) is 5. The molecule has 1 aliphatic heterocycles. The molecule has 1 aromatic heterocycles. The van der Waals surface area contributed by atoms with Crippen molar-refractivity contribution in [2.75, 3.05) is 31.1 Å². The molecule has 0 radical (unpaired) electrons. The number of halogens is 4. The Kier molecular flexibility index (Phi) is 5.09. The van der Waals surface area contributed by atoms with Crippen LogP contribution in [0.1, 0.15) is 5.56 Å². The third-order valence-electron chi connectivity index (χ3n) is 3.95. The van der Waals surface area contributed by atoms with Gasteiger partial charge in [0.2, 0.25) is 16.0 Å². The molecule has 0 N–H and O–H groups in total. The molecule has 0 amide bonds. The van der Waals surface area contributed by atoms with Crippen molar-refractivity contribution in [3.63, 3.8) is 0 Å². The summed E-state index contributed by atoms with van der Waals surface area (Å²) in [7, 11) is -4.15. The van der Waals surface area contributed by atoms with Crippen molar-refractivity contribution in [3.05, 3.63) is 47.2 Å². The second-order valence-electron chi connectivity index (χ2n) is 5.58. The van der Waals surface area contributed by atoms with Gasteiger partial charge < -0.3 is 4.90 Å². The number of nitrogens with zero attached hydrogens (tertiary/aromatic N) is 4. The van der Waals surface area contributed by atoms with E-state index in [9.17, 15) is 21.6 Å². The molecule has 11 heteroatoms. The predicted octanol–water partition coefficient (Wildman–Crippen LogP) is 2.66. The van der Waals surface area contributed by atoms with Crippen molar-refractivity contribution in [1.82, 2.24) is 14.3 Å². The van der Waals surface area contributed by atoms with Crippen LogP contribution >= 0.6 is 11.6 Å². The summed E-state index contributed by atoms with van der Waals surface area (Å²) in [6, 6.07) is 3.95. The first-order valence-electron chi connectivity index (χ1n) is 7.58. The molecule has 1 aliphatic rings. The van der Waals surface area contributed by atoms with E-state index in [0.717, 1.165) is 16.4 Å². The van der Waals surface area contributed by atoms with Gasteiger partial charge in [0.1, 0.15) is 4.90 Å². The molecule has 0 atom stereocenters. The summed E-state index contributed by atoms with van der Waals surface area (Å²) < 4.78 is 65.3. The normalized spacial score (nSPS) is 16.7. The monoisotopic (exact) mass is 406 g/mol. The largest absolute Gasteiger partial charge is 0.416 e. The van der Waals surface area contributed by atoms with Gasteiger partial charge in [-0.05, 0) is 24.3 Å². The van der Waals surface area contributed by atoms with Crippen LogP contribution in [-0.2, 0) is 16.2 Å². The lowest BCUT2D eigenvalue weighted by Gasteiger charge is -2.34. The summed E-state index contributed by atoms with van der Waals surface area (Å²) in [4.78, 5) is 9.46. The fraction of sp³-hybridized carbons (Fsp3) is 0.333. The maximum Gasteiger partial charge on any atom is 0.416 e. The van der Waals surface area contributed by atoms with Crippen LogP contribution in [0, 0.1) is 0 Å². The highest BCUT2D eigenvalue weighted by Gasteiger charge is 2.35. The van der Waals surface area contributed by atoms with Crippen LogP contribution in [0.15, 0.2) is 41.6 Å². The molecule has 6 nitrogen and oxygen atoms in total. The Bertz CT molecular complexity index is 886. The lowest BCUT2D eigenvalue weighted by molar-refractivity contribution is -0.137. The number of hydrogen-bond donors (Lipinski definition) is 0. The maximum atomic E-state index is 12.9. The van der Waals surface area contributed by atoms with E-state index in [0.29, 0.717) is 25.1 Å². The second-order valence-corrected chi connectivity index (χ2v) is 7.90. The van der Waals surface area contributed by atoms with E-state index in [1.165, 1.54) is 0 Å². The molecule has 26 heavy (non-hydrogen) atoms. The number of rotatable bonds is 3. The third kappa shape index (κ3) is 3.76. The van der Waals surface area contributed by atoms with Gasteiger partial charge in [0, 0.05) is 38.6 Å². The van der Waals surface area contributed by atoms with Crippen molar-refractivity contribution in [2.45, 2.75) is 11.1 Å². The molecule has 1 aromatic carbocycles. The van der Waals surface area contributed by atoms with Crippen LogP contribution in [0.3, 0.4) is 0 Å². The SMILES string of the molecule is O=S(=O)(c1cc(C(F)(F)F)ccc1Cl)N1CCN(c2ncccn2)CC1. The van der Waals surface area contributed by atoms with Crippen LogP contribution < -0.4 is 4.90 Å². The Labute approximate surface area is 153 Å². The molecule has 2 heterocycles. The number of piperazine rings is 1. The van der Waals surface area contributed by atoms with E-state index in [4.69, 9.17) is 11.6 Å². The third-order valence-corrected chi connectivity index (χ3v) is 6.33. The highest BCUT2D eigenvalue weighted by atomic mass is 35.5. The van der Waals surface area contributed by atoms with Crippen LogP contribution in [0.5, 0.6) is 0 Å². The first kappa shape index (κ1) is 18.9. The van der Waals surface area contributed by atoms with Gasteiger partial charge in [-0.3, -0.25) is 0 Å². The molecule has 3 rings (SSSR count). The highest BCUT2D eigenvalue weighted by Crippen LogP contribution is 2.34. The van der Waals surface area contributed by atoms with Gasteiger partial charge in [0.25, 0.3) is 0 Å². The van der Waals surface area contributed by atoms with Crippen molar-refractivity contribution >= 4 is 27.6 Å². The number of anilines is 1. The second kappa shape index (κ2) is 7.01. The summed E-state index contributed by atoms with van der Waals surface area (Å²) in [6.45, 7) is 0.819. The Morgan fingerprint density at radius 1 is 1.04 bits per heavy atom. The highest BCUT2D eigenvalue weighted by molar-refractivity contribution is 7.89. The fourth-order valence-electron chi connectivity index (χ4n) is 2.60. The predicted molar refractivity (Wildman–Crippen MR) is 89.5 cm³/mol. The molecule has 0 unspecified atom stereocenters. The van der Waals surface area contributed by atoms with Gasteiger partial charge in [0.15, 0.2) is 0 Å². The molecule has 1 fully saturated rings. The van der Waals surface area contributed by atoms with Gasteiger partial charge in [-0.1, -0.05) is 11.6 Å². The van der Waals surface area contributed by atoms with E-state index in [1.54, 1.807) is 23.4 Å². The summed E-state index contributed by atoms with van der Waals surface area (Å²) in [6.07, 6.45) is -1.50. The molecule has 0 bridgehead atoms. The van der Waals surface area contributed by atoms with Crippen molar-refractivity contribution in [1.29, 1.82) is 0 Å². The Balaban J connectivity index is 1.82. The van der Waals surface area contributed by atoms with Gasteiger partial charge in [-0.25, -0.2) is 18.4 Å². The molecular weight excluding hydrogens is 393 g/mol. The number of sulfonamides is 1. The number of aromatic nitrogens is 2. The lowest BCUT2D eigenvalue weighted by atomic mass is 10.2. The molecule has 140 valence electrons. The first-order valence-corrected chi connectivity index (χ1v) is 9.40. The smallest absolute Gasteiger partial charge is 0.338 e. The van der Waals surface area contributed by atoms with E-state index < -0.39 is 26.7 Å². The molecule has 0 saturated carbocycles. The zero-order valence-electron chi connectivity index (χ0n) is 13.3. The molecular formula is C15H14ClF3N4O2S.